The lowest BCUT2D eigenvalue weighted by Gasteiger charge is -2.01. The molecule has 0 saturated heterocycles. The molecule has 1 aromatic carbocycles. The van der Waals surface area contributed by atoms with Crippen LogP contribution in [0.15, 0.2) is 17.0 Å². The first kappa shape index (κ1) is 9.87. The summed E-state index contributed by atoms with van der Waals surface area (Å²) >= 11 is 0. The number of hydrogen-bond donors (Lipinski definition) is 2. The van der Waals surface area contributed by atoms with Crippen LogP contribution in [0.25, 0.3) is 0 Å². The highest BCUT2D eigenvalue weighted by molar-refractivity contribution is 7.89. The minimum atomic E-state index is -4.05. The van der Waals surface area contributed by atoms with E-state index in [9.17, 15) is 17.2 Å². The van der Waals surface area contributed by atoms with Crippen LogP contribution >= 0.6 is 0 Å². The van der Waals surface area contributed by atoms with Gasteiger partial charge >= 0.3 is 0 Å². The Morgan fingerprint density at radius 3 is 2.15 bits per heavy atom. The topological polar surface area (TPSA) is 86.2 Å². The third kappa shape index (κ3) is 1.93. The monoisotopic (exact) mass is 208 g/mol. The van der Waals surface area contributed by atoms with Gasteiger partial charge in [-0.1, -0.05) is 0 Å². The third-order valence-corrected chi connectivity index (χ3v) is 2.25. The summed E-state index contributed by atoms with van der Waals surface area (Å²) in [5.74, 6) is -2.63. The van der Waals surface area contributed by atoms with Crippen molar-refractivity contribution >= 4 is 15.7 Å². The highest BCUT2D eigenvalue weighted by atomic mass is 32.2. The van der Waals surface area contributed by atoms with E-state index >= 15 is 0 Å². The molecule has 0 saturated carbocycles. The third-order valence-electron chi connectivity index (χ3n) is 1.36. The SMILES string of the molecule is Nc1cc(S(N)(=O)=O)cc(F)c1F. The molecule has 0 aliphatic heterocycles. The molecule has 0 spiro atoms. The van der Waals surface area contributed by atoms with Crippen LogP contribution in [0.5, 0.6) is 0 Å². The summed E-state index contributed by atoms with van der Waals surface area (Å²) in [6, 6.07) is 1.23. The van der Waals surface area contributed by atoms with Crippen molar-refractivity contribution in [3.8, 4) is 0 Å². The highest BCUT2D eigenvalue weighted by Gasteiger charge is 2.14. The van der Waals surface area contributed by atoms with Crippen molar-refractivity contribution in [2.75, 3.05) is 5.73 Å². The first-order chi connectivity index (χ1) is 5.82. The van der Waals surface area contributed by atoms with Crippen molar-refractivity contribution in [2.45, 2.75) is 4.90 Å². The second kappa shape index (κ2) is 2.93. The van der Waals surface area contributed by atoms with Crippen molar-refractivity contribution in [3.05, 3.63) is 23.8 Å². The number of hydrogen-bond acceptors (Lipinski definition) is 3. The Hall–Kier alpha value is -1.21. The lowest BCUT2D eigenvalue weighted by atomic mass is 10.3. The van der Waals surface area contributed by atoms with E-state index in [1.807, 2.05) is 0 Å². The number of rotatable bonds is 1. The average molecular weight is 208 g/mol. The molecular formula is C6H6F2N2O2S. The number of primary sulfonamides is 1. The predicted octanol–water partition coefficient (Wildman–Crippen LogP) is 0.194. The van der Waals surface area contributed by atoms with Gasteiger partial charge in [-0.25, -0.2) is 22.3 Å². The fourth-order valence-corrected chi connectivity index (χ4v) is 1.31. The van der Waals surface area contributed by atoms with Crippen LogP contribution in [-0.4, -0.2) is 8.42 Å². The van der Waals surface area contributed by atoms with Gasteiger partial charge in [0.25, 0.3) is 0 Å². The Bertz CT molecular complexity index is 421. The van der Waals surface area contributed by atoms with E-state index in [0.717, 1.165) is 6.07 Å². The summed E-state index contributed by atoms with van der Waals surface area (Å²) in [5.41, 5.74) is 4.39. The predicted molar refractivity (Wildman–Crippen MR) is 42.1 cm³/mol. The Kier molecular flexibility index (Phi) is 2.22. The summed E-state index contributed by atoms with van der Waals surface area (Å²) in [6.45, 7) is 0. The van der Waals surface area contributed by atoms with Crippen molar-refractivity contribution in [3.63, 3.8) is 0 Å². The number of benzene rings is 1. The van der Waals surface area contributed by atoms with Crippen LogP contribution in [0.3, 0.4) is 0 Å². The molecule has 0 unspecified atom stereocenters. The van der Waals surface area contributed by atoms with Crippen molar-refractivity contribution in [1.82, 2.24) is 0 Å². The van der Waals surface area contributed by atoms with E-state index in [-0.39, 0.29) is 0 Å². The Labute approximate surface area is 73.2 Å². The molecule has 72 valence electrons. The van der Waals surface area contributed by atoms with E-state index in [1.54, 1.807) is 0 Å². The van der Waals surface area contributed by atoms with E-state index in [2.05, 4.69) is 5.14 Å². The molecule has 0 fully saturated rings. The van der Waals surface area contributed by atoms with E-state index in [1.165, 1.54) is 0 Å². The van der Waals surface area contributed by atoms with Gasteiger partial charge in [-0.3, -0.25) is 0 Å². The molecule has 1 rings (SSSR count). The zero-order chi connectivity index (χ0) is 10.2. The molecule has 0 aromatic heterocycles. The Balaban J connectivity index is 3.47. The van der Waals surface area contributed by atoms with Crippen LogP contribution in [-0.2, 0) is 10.0 Å². The fourth-order valence-electron chi connectivity index (χ4n) is 0.749. The second-order valence-electron chi connectivity index (χ2n) is 2.35. The zero-order valence-electron chi connectivity index (χ0n) is 6.29. The van der Waals surface area contributed by atoms with Gasteiger partial charge in [-0.2, -0.15) is 0 Å². The van der Waals surface area contributed by atoms with Crippen molar-refractivity contribution in [2.24, 2.45) is 5.14 Å². The minimum absolute atomic E-state index is 0.473. The quantitative estimate of drug-likeness (QED) is 0.646. The van der Waals surface area contributed by atoms with Crippen molar-refractivity contribution in [1.29, 1.82) is 0 Å². The summed E-state index contributed by atoms with van der Waals surface area (Å²) in [4.78, 5) is -0.552. The molecule has 0 radical (unpaired) electrons. The Morgan fingerprint density at radius 2 is 1.77 bits per heavy atom. The molecule has 0 amide bonds. The van der Waals surface area contributed by atoms with Crippen LogP contribution in [0.1, 0.15) is 0 Å². The van der Waals surface area contributed by atoms with E-state index < -0.39 is 32.2 Å². The van der Waals surface area contributed by atoms with Crippen LogP contribution in [0.2, 0.25) is 0 Å². The summed E-state index contributed by atoms with van der Waals surface area (Å²) in [6.07, 6.45) is 0. The second-order valence-corrected chi connectivity index (χ2v) is 3.91. The number of nitrogen functional groups attached to an aromatic ring is 1. The van der Waals surface area contributed by atoms with Gasteiger partial charge in [0.05, 0.1) is 10.6 Å². The van der Waals surface area contributed by atoms with Crippen LogP contribution in [0.4, 0.5) is 14.5 Å². The maximum atomic E-state index is 12.6. The molecule has 7 heteroatoms. The number of sulfonamides is 1. The molecule has 4 N–H and O–H groups in total. The molecule has 4 nitrogen and oxygen atoms in total. The number of nitrogens with two attached hydrogens (primary N) is 2. The first-order valence-electron chi connectivity index (χ1n) is 3.09. The maximum Gasteiger partial charge on any atom is 0.238 e. The maximum absolute atomic E-state index is 12.6. The molecule has 1 aromatic rings. The van der Waals surface area contributed by atoms with Gasteiger partial charge in [-0.15, -0.1) is 0 Å². The lowest BCUT2D eigenvalue weighted by molar-refractivity contribution is 0.508. The normalized spacial score (nSPS) is 11.6. The fraction of sp³-hybridized carbons (Fsp3) is 0. The molecule has 0 atom stereocenters. The van der Waals surface area contributed by atoms with Crippen molar-refractivity contribution < 1.29 is 17.2 Å². The average Bonchev–Trinajstić information content (AvgIpc) is 1.97. The first-order valence-corrected chi connectivity index (χ1v) is 4.64. The smallest absolute Gasteiger partial charge is 0.238 e. The molecule has 0 bridgehead atoms. The summed E-state index contributed by atoms with van der Waals surface area (Å²) < 4.78 is 46.5. The van der Waals surface area contributed by atoms with E-state index in [4.69, 9.17) is 5.73 Å². The molecular weight excluding hydrogens is 202 g/mol. The van der Waals surface area contributed by atoms with Gasteiger partial charge in [0.15, 0.2) is 11.6 Å². The Morgan fingerprint density at radius 1 is 1.23 bits per heavy atom. The van der Waals surface area contributed by atoms with Gasteiger partial charge < -0.3 is 5.73 Å². The molecule has 0 heterocycles. The summed E-state index contributed by atoms with van der Waals surface area (Å²) in [5, 5.41) is 4.67. The molecule has 0 aliphatic carbocycles. The van der Waals surface area contributed by atoms with Crippen LogP contribution in [0, 0.1) is 11.6 Å². The van der Waals surface area contributed by atoms with Gasteiger partial charge in [0, 0.05) is 0 Å². The zero-order valence-corrected chi connectivity index (χ0v) is 7.11. The summed E-state index contributed by atoms with van der Waals surface area (Å²) in [7, 11) is -4.05. The molecule has 13 heavy (non-hydrogen) atoms. The van der Waals surface area contributed by atoms with Gasteiger partial charge in [0.1, 0.15) is 0 Å². The number of halogens is 2. The highest BCUT2D eigenvalue weighted by Crippen LogP contribution is 2.18. The van der Waals surface area contributed by atoms with Gasteiger partial charge in [0.2, 0.25) is 10.0 Å². The molecule has 0 aliphatic rings. The lowest BCUT2D eigenvalue weighted by Crippen LogP contribution is -2.13. The standard InChI is InChI=1S/C6H6F2N2O2S/c7-4-1-3(13(10,11)12)2-5(9)6(4)8/h1-2H,9H2,(H2,10,11,12). The van der Waals surface area contributed by atoms with Crippen LogP contribution < -0.4 is 10.9 Å². The number of anilines is 1. The largest absolute Gasteiger partial charge is 0.396 e. The van der Waals surface area contributed by atoms with Gasteiger partial charge in [-0.05, 0) is 12.1 Å². The van der Waals surface area contributed by atoms with E-state index in [0.29, 0.717) is 6.07 Å². The minimum Gasteiger partial charge on any atom is -0.396 e.